The first-order valence-electron chi connectivity index (χ1n) is 17.5. The van der Waals surface area contributed by atoms with Crippen LogP contribution in [0.15, 0.2) is 0 Å². The van der Waals surface area contributed by atoms with Gasteiger partial charge in [0.15, 0.2) is 25.0 Å². The fourth-order valence-electron chi connectivity index (χ4n) is 5.06. The molecule has 7 atom stereocenters. The van der Waals surface area contributed by atoms with Crippen molar-refractivity contribution >= 4 is 30.7 Å². The molecule has 0 aromatic rings. The molecule has 1 N–H and O–H groups in total. The van der Waals surface area contributed by atoms with Gasteiger partial charge in [-0.15, -0.1) is 0 Å². The minimum absolute atomic E-state index is 0.00679. The molecule has 5 nitrogen and oxygen atoms in total. The van der Waals surface area contributed by atoms with Gasteiger partial charge in [-0.3, -0.25) is 4.79 Å². The molecule has 8 heteroatoms. The van der Waals surface area contributed by atoms with Gasteiger partial charge in [0.25, 0.3) is 0 Å². The van der Waals surface area contributed by atoms with Crippen LogP contribution in [0.3, 0.4) is 0 Å². The monoisotopic (exact) mass is 675 g/mol. The van der Waals surface area contributed by atoms with Crippen LogP contribution in [-0.4, -0.2) is 60.3 Å². The third kappa shape index (κ3) is 11.7. The summed E-state index contributed by atoms with van der Waals surface area (Å²) in [6.45, 7) is 48.9. The van der Waals surface area contributed by atoms with Gasteiger partial charge in [0.2, 0.25) is 0 Å². The van der Waals surface area contributed by atoms with Crippen LogP contribution in [0.1, 0.15) is 117 Å². The van der Waals surface area contributed by atoms with Gasteiger partial charge in [0.1, 0.15) is 5.78 Å². The van der Waals surface area contributed by atoms with Gasteiger partial charge in [0, 0.05) is 24.2 Å². The van der Waals surface area contributed by atoms with E-state index in [9.17, 15) is 9.90 Å². The Bertz CT molecular complexity index is 893. The minimum Gasteiger partial charge on any atom is -0.413 e. The quantitative estimate of drug-likeness (QED) is 0.165. The molecule has 0 fully saturated rings. The van der Waals surface area contributed by atoms with Gasteiger partial charge in [-0.25, -0.2) is 0 Å². The molecular formula is C36H78O5Si3. The summed E-state index contributed by atoms with van der Waals surface area (Å²) in [5, 5.41) is 11.8. The highest BCUT2D eigenvalue weighted by Gasteiger charge is 2.47. The summed E-state index contributed by atoms with van der Waals surface area (Å²) in [7, 11) is -6.34. The van der Waals surface area contributed by atoms with Crippen molar-refractivity contribution in [2.75, 3.05) is 0 Å². The second kappa shape index (κ2) is 15.6. The summed E-state index contributed by atoms with van der Waals surface area (Å²) < 4.78 is 21.0. The Labute approximate surface area is 278 Å². The number of carbonyl (C=O) groups excluding carboxylic acids is 1. The Morgan fingerprint density at radius 3 is 1.16 bits per heavy atom. The average molecular weight is 675 g/mol. The Balaban J connectivity index is 6.42. The molecule has 0 aliphatic heterocycles. The van der Waals surface area contributed by atoms with E-state index in [1.807, 2.05) is 6.92 Å². The Kier molecular flexibility index (Phi) is 15.6. The van der Waals surface area contributed by atoms with Crippen molar-refractivity contribution in [1.29, 1.82) is 0 Å². The highest BCUT2D eigenvalue weighted by Crippen LogP contribution is 2.43. The number of aliphatic hydroxyl groups excluding tert-OH is 1. The van der Waals surface area contributed by atoms with E-state index in [1.165, 1.54) is 0 Å². The van der Waals surface area contributed by atoms with E-state index in [1.54, 1.807) is 0 Å². The highest BCUT2D eigenvalue weighted by atomic mass is 28.4. The molecule has 0 spiro atoms. The highest BCUT2D eigenvalue weighted by molar-refractivity contribution is 6.75. The van der Waals surface area contributed by atoms with Gasteiger partial charge in [-0.05, 0) is 66.2 Å². The van der Waals surface area contributed by atoms with Crippen molar-refractivity contribution in [3.05, 3.63) is 0 Å². The lowest BCUT2D eigenvalue weighted by molar-refractivity contribution is -0.131. The van der Waals surface area contributed by atoms with Crippen LogP contribution >= 0.6 is 0 Å². The summed E-state index contributed by atoms with van der Waals surface area (Å²) in [5.74, 6) is -0.109. The van der Waals surface area contributed by atoms with Crippen molar-refractivity contribution in [3.63, 3.8) is 0 Å². The predicted molar refractivity (Wildman–Crippen MR) is 199 cm³/mol. The van der Waals surface area contributed by atoms with Crippen molar-refractivity contribution in [3.8, 4) is 0 Å². The average Bonchev–Trinajstić information content (AvgIpc) is 2.80. The number of hydrogen-bond acceptors (Lipinski definition) is 5. The third-order valence-electron chi connectivity index (χ3n) is 11.6. The van der Waals surface area contributed by atoms with Gasteiger partial charge < -0.3 is 18.4 Å². The molecule has 0 aromatic carbocycles. The molecule has 44 heavy (non-hydrogen) atoms. The number of Topliss-reactive ketones (excluding diaryl/α,β-unsaturated/α-hetero) is 1. The Morgan fingerprint density at radius 2 is 0.864 bits per heavy atom. The molecule has 0 bridgehead atoms. The zero-order chi connectivity index (χ0) is 35.6. The largest absolute Gasteiger partial charge is 0.413 e. The zero-order valence-corrected chi connectivity index (χ0v) is 36.5. The first-order valence-corrected chi connectivity index (χ1v) is 26.2. The van der Waals surface area contributed by atoms with E-state index >= 15 is 0 Å². The second-order valence-corrected chi connectivity index (χ2v) is 33.5. The van der Waals surface area contributed by atoms with Crippen LogP contribution in [0.4, 0.5) is 0 Å². The molecule has 0 unspecified atom stereocenters. The molecule has 0 rings (SSSR count). The molecule has 0 radical (unpaired) electrons. The molecule has 0 aliphatic carbocycles. The van der Waals surface area contributed by atoms with Gasteiger partial charge >= 0.3 is 0 Å². The maximum atomic E-state index is 14.1. The van der Waals surface area contributed by atoms with Gasteiger partial charge in [-0.2, -0.15) is 0 Å². The van der Waals surface area contributed by atoms with E-state index in [0.29, 0.717) is 0 Å². The summed E-state index contributed by atoms with van der Waals surface area (Å²) in [5.41, 5.74) is 0. The molecule has 0 saturated heterocycles. The second-order valence-electron chi connectivity index (χ2n) is 19.3. The van der Waals surface area contributed by atoms with Crippen LogP contribution in [-0.2, 0) is 18.1 Å². The smallest absolute Gasteiger partial charge is 0.192 e. The lowest BCUT2D eigenvalue weighted by Gasteiger charge is -2.46. The molecule has 0 heterocycles. The van der Waals surface area contributed by atoms with E-state index in [4.69, 9.17) is 13.3 Å². The Hall–Kier alpha value is 0.161. The van der Waals surface area contributed by atoms with E-state index < -0.39 is 37.0 Å². The van der Waals surface area contributed by atoms with Crippen LogP contribution in [0.25, 0.3) is 0 Å². The van der Waals surface area contributed by atoms with E-state index in [0.717, 1.165) is 0 Å². The first-order chi connectivity index (χ1) is 19.2. The summed E-state index contributed by atoms with van der Waals surface area (Å²) in [4.78, 5) is 14.1. The third-order valence-corrected chi connectivity index (χ3v) is 25.1. The van der Waals surface area contributed by atoms with Crippen molar-refractivity contribution < 1.29 is 23.2 Å². The predicted octanol–water partition coefficient (Wildman–Crippen LogP) is 10.7. The van der Waals surface area contributed by atoms with Crippen molar-refractivity contribution in [1.82, 2.24) is 0 Å². The van der Waals surface area contributed by atoms with Crippen molar-refractivity contribution in [2.45, 2.75) is 196 Å². The van der Waals surface area contributed by atoms with Crippen LogP contribution in [0, 0.1) is 29.6 Å². The minimum atomic E-state index is -2.21. The molecule has 0 saturated carbocycles. The van der Waals surface area contributed by atoms with E-state index in [-0.39, 0.29) is 69.3 Å². The number of hydrogen-bond donors (Lipinski definition) is 1. The maximum absolute atomic E-state index is 14.1. The van der Waals surface area contributed by atoms with Gasteiger partial charge in [-0.1, -0.05) is 111 Å². The first kappa shape index (κ1) is 44.2. The number of aliphatic hydroxyl groups is 1. The number of carbonyl (C=O) groups is 1. The Morgan fingerprint density at radius 1 is 0.568 bits per heavy atom. The standard InChI is InChI=1S/C36H78O5Si3/c1-24(2)32(40-43(19,20)35(11,12)13)27(6)30(39-42(17,18)34(8,9)10)23-29(37)26(5)31(38)28(7)33(25(3)4)41-44(21,22)36(14,15)16/h24-28,30-33,38H,23H2,1-22H3/t26-,27-,28+,30+,31-,32-,33+/m0/s1. The summed E-state index contributed by atoms with van der Waals surface area (Å²) in [6.07, 6.45) is -0.954. The zero-order valence-electron chi connectivity index (χ0n) is 33.5. The SMILES string of the molecule is CC(C)[C@@H](O[Si](C)(C)C(C)(C)C)[C@H](C)[C@@H](O)[C@@H](C)C(=O)C[C@@H](O[Si](C)(C)C(C)(C)C)[C@H](C)[C@@H](O[Si](C)(C)C(C)(C)C)C(C)C. The van der Waals surface area contributed by atoms with Crippen LogP contribution in [0.2, 0.25) is 54.4 Å². The van der Waals surface area contributed by atoms with Crippen LogP contribution < -0.4 is 0 Å². The van der Waals surface area contributed by atoms with Crippen LogP contribution in [0.5, 0.6) is 0 Å². The lowest BCUT2D eigenvalue weighted by Crippen LogP contribution is -2.53. The number of ketones is 1. The normalized spacial score (nSPS) is 19.5. The fourth-order valence-corrected chi connectivity index (χ4v) is 9.51. The molecular weight excluding hydrogens is 597 g/mol. The molecule has 0 aliphatic rings. The van der Waals surface area contributed by atoms with Crippen molar-refractivity contribution in [2.24, 2.45) is 29.6 Å². The lowest BCUT2D eigenvalue weighted by atomic mass is 9.81. The van der Waals surface area contributed by atoms with E-state index in [2.05, 4.69) is 143 Å². The van der Waals surface area contributed by atoms with Gasteiger partial charge in [0.05, 0.1) is 24.4 Å². The summed E-state index contributed by atoms with van der Waals surface area (Å²) >= 11 is 0. The molecule has 0 aromatic heterocycles. The molecule has 0 amide bonds. The molecule has 264 valence electrons. The fraction of sp³-hybridized carbons (Fsp3) is 0.972. The summed E-state index contributed by atoms with van der Waals surface area (Å²) in [6, 6.07) is 0. The maximum Gasteiger partial charge on any atom is 0.192 e. The topological polar surface area (TPSA) is 65.0 Å². The number of rotatable bonds is 16.